The molecule has 2 saturated heterocycles. The van der Waals surface area contributed by atoms with Crippen LogP contribution in [-0.4, -0.2) is 38.5 Å². The molecule has 2 aliphatic rings. The molecule has 2 atom stereocenters. The molecule has 6 heteroatoms. The maximum Gasteiger partial charge on any atom is 0.238 e. The minimum Gasteiger partial charge on any atom is -0.381 e. The van der Waals surface area contributed by atoms with Gasteiger partial charge in [0.15, 0.2) is 0 Å². The number of hydrogen-bond acceptors (Lipinski definition) is 4. The Balaban J connectivity index is 1.70. The molecular formula is C13H19N3O2S. The molecule has 0 saturated carbocycles. The summed E-state index contributed by atoms with van der Waals surface area (Å²) in [5, 5.41) is 8.60. The average Bonchev–Trinajstić information content (AvgIpc) is 2.94. The van der Waals surface area contributed by atoms with Crippen LogP contribution in [-0.2, 0) is 10.0 Å². The number of nitrogens with two attached hydrogens (primary N) is 1. The summed E-state index contributed by atoms with van der Waals surface area (Å²) in [6.07, 6.45) is 3.70. The fourth-order valence-electron chi connectivity index (χ4n) is 3.21. The van der Waals surface area contributed by atoms with Crippen molar-refractivity contribution in [3.8, 4) is 0 Å². The molecule has 19 heavy (non-hydrogen) atoms. The number of benzene rings is 1. The van der Waals surface area contributed by atoms with Crippen molar-refractivity contribution in [2.75, 3.05) is 18.4 Å². The molecule has 0 bridgehead atoms. The normalized spacial score (nSPS) is 27.4. The highest BCUT2D eigenvalue weighted by Gasteiger charge is 2.36. The predicted octanol–water partition coefficient (Wildman–Crippen LogP) is 0.983. The Hall–Kier alpha value is -1.11. The van der Waals surface area contributed by atoms with Gasteiger partial charge in [-0.2, -0.15) is 0 Å². The van der Waals surface area contributed by atoms with Gasteiger partial charge in [-0.1, -0.05) is 0 Å². The summed E-state index contributed by atoms with van der Waals surface area (Å²) in [6, 6.07) is 7.80. The minimum absolute atomic E-state index is 0.159. The van der Waals surface area contributed by atoms with Gasteiger partial charge >= 0.3 is 0 Å². The second kappa shape index (κ2) is 4.77. The molecule has 0 amide bonds. The fraction of sp³-hybridized carbons (Fsp3) is 0.538. The molecule has 1 aromatic rings. The molecule has 3 N–H and O–H groups in total. The highest BCUT2D eigenvalue weighted by atomic mass is 32.2. The smallest absolute Gasteiger partial charge is 0.238 e. The van der Waals surface area contributed by atoms with Gasteiger partial charge in [0.1, 0.15) is 0 Å². The van der Waals surface area contributed by atoms with E-state index >= 15 is 0 Å². The number of nitrogens with zero attached hydrogens (tertiary/aromatic N) is 1. The number of nitrogens with one attached hydrogen (secondary N) is 1. The first-order valence-corrected chi connectivity index (χ1v) is 8.22. The van der Waals surface area contributed by atoms with Crippen LogP contribution in [0.1, 0.15) is 19.3 Å². The summed E-state index contributed by atoms with van der Waals surface area (Å²) in [6.45, 7) is 2.38. The first-order chi connectivity index (χ1) is 9.04. The van der Waals surface area contributed by atoms with Crippen molar-refractivity contribution in [2.45, 2.75) is 36.2 Å². The van der Waals surface area contributed by atoms with Gasteiger partial charge in [0.25, 0.3) is 0 Å². The van der Waals surface area contributed by atoms with Gasteiger partial charge in [-0.15, -0.1) is 0 Å². The Morgan fingerprint density at radius 1 is 1.16 bits per heavy atom. The van der Waals surface area contributed by atoms with Crippen molar-refractivity contribution in [1.29, 1.82) is 0 Å². The van der Waals surface area contributed by atoms with Crippen molar-refractivity contribution in [3.63, 3.8) is 0 Å². The molecule has 0 spiro atoms. The van der Waals surface area contributed by atoms with Crippen LogP contribution in [0.2, 0.25) is 0 Å². The lowest BCUT2D eigenvalue weighted by Gasteiger charge is -2.22. The zero-order valence-electron chi connectivity index (χ0n) is 10.7. The standard InChI is InChI=1S/C13H19N3O2S/c14-19(17,18)11-5-3-10(4-6-11)15-12-7-9-16-8-1-2-13(12)16/h3-6,12-13,15H,1-2,7-9H2,(H2,14,17,18). The summed E-state index contributed by atoms with van der Waals surface area (Å²) >= 11 is 0. The molecule has 2 unspecified atom stereocenters. The molecule has 2 fully saturated rings. The molecule has 0 aliphatic carbocycles. The monoisotopic (exact) mass is 281 g/mol. The first-order valence-electron chi connectivity index (χ1n) is 6.67. The molecule has 5 nitrogen and oxygen atoms in total. The van der Waals surface area contributed by atoms with Crippen LogP contribution in [0.4, 0.5) is 5.69 Å². The van der Waals surface area contributed by atoms with Gasteiger partial charge in [-0.3, -0.25) is 4.90 Å². The molecule has 0 radical (unpaired) electrons. The van der Waals surface area contributed by atoms with Crippen LogP contribution in [0.25, 0.3) is 0 Å². The summed E-state index contributed by atoms with van der Waals surface area (Å²) in [5.41, 5.74) is 0.964. The van der Waals surface area contributed by atoms with E-state index in [0.717, 1.165) is 18.7 Å². The number of hydrogen-bond donors (Lipinski definition) is 2. The van der Waals surface area contributed by atoms with Crippen molar-refractivity contribution in [1.82, 2.24) is 4.90 Å². The van der Waals surface area contributed by atoms with Gasteiger partial charge in [-0.05, 0) is 50.1 Å². The minimum atomic E-state index is -3.60. The summed E-state index contributed by atoms with van der Waals surface area (Å²) in [7, 11) is -3.60. The van der Waals surface area contributed by atoms with Gasteiger partial charge in [0.05, 0.1) is 4.90 Å². The van der Waals surface area contributed by atoms with Gasteiger partial charge in [0, 0.05) is 24.3 Å². The van der Waals surface area contributed by atoms with E-state index in [-0.39, 0.29) is 4.90 Å². The Labute approximate surface area is 113 Å². The first kappa shape index (κ1) is 12.9. The van der Waals surface area contributed by atoms with Crippen LogP contribution < -0.4 is 10.5 Å². The SMILES string of the molecule is NS(=O)(=O)c1ccc(NC2CCN3CCCC23)cc1. The van der Waals surface area contributed by atoms with Gasteiger partial charge in [0.2, 0.25) is 10.0 Å². The number of rotatable bonds is 3. The maximum absolute atomic E-state index is 11.2. The highest BCUT2D eigenvalue weighted by Crippen LogP contribution is 2.30. The largest absolute Gasteiger partial charge is 0.381 e. The lowest BCUT2D eigenvalue weighted by atomic mass is 10.1. The molecule has 1 aromatic carbocycles. The van der Waals surface area contributed by atoms with E-state index in [1.165, 1.54) is 19.4 Å². The topological polar surface area (TPSA) is 75.4 Å². The van der Waals surface area contributed by atoms with Crippen molar-refractivity contribution >= 4 is 15.7 Å². The third-order valence-electron chi connectivity index (χ3n) is 4.14. The van der Waals surface area contributed by atoms with Crippen LogP contribution in [0, 0.1) is 0 Å². The second-order valence-corrected chi connectivity index (χ2v) is 6.92. The van der Waals surface area contributed by atoms with Gasteiger partial charge in [-0.25, -0.2) is 13.6 Å². The number of fused-ring (bicyclic) bond motifs is 1. The Morgan fingerprint density at radius 2 is 1.89 bits per heavy atom. The molecule has 104 valence electrons. The molecular weight excluding hydrogens is 262 g/mol. The zero-order chi connectivity index (χ0) is 13.5. The summed E-state index contributed by atoms with van der Waals surface area (Å²) in [4.78, 5) is 2.70. The Kier molecular flexibility index (Phi) is 3.24. The summed E-state index contributed by atoms with van der Waals surface area (Å²) < 4.78 is 22.4. The number of primary sulfonamides is 1. The summed E-state index contributed by atoms with van der Waals surface area (Å²) in [5.74, 6) is 0. The second-order valence-electron chi connectivity index (χ2n) is 5.35. The average molecular weight is 281 g/mol. The molecule has 2 aliphatic heterocycles. The van der Waals surface area contributed by atoms with Crippen LogP contribution in [0.15, 0.2) is 29.2 Å². The number of sulfonamides is 1. The van der Waals surface area contributed by atoms with E-state index in [1.54, 1.807) is 24.3 Å². The van der Waals surface area contributed by atoms with E-state index < -0.39 is 10.0 Å². The third-order valence-corrected chi connectivity index (χ3v) is 5.07. The maximum atomic E-state index is 11.2. The number of anilines is 1. The van der Waals surface area contributed by atoms with E-state index in [1.807, 2.05) is 0 Å². The fourth-order valence-corrected chi connectivity index (χ4v) is 3.72. The Morgan fingerprint density at radius 3 is 2.58 bits per heavy atom. The van der Waals surface area contributed by atoms with Crippen molar-refractivity contribution in [3.05, 3.63) is 24.3 Å². The van der Waals surface area contributed by atoms with E-state index in [0.29, 0.717) is 12.1 Å². The predicted molar refractivity (Wildman–Crippen MR) is 74.4 cm³/mol. The third kappa shape index (κ3) is 2.61. The Bertz CT molecular complexity index is 556. The van der Waals surface area contributed by atoms with Crippen LogP contribution >= 0.6 is 0 Å². The zero-order valence-corrected chi connectivity index (χ0v) is 11.6. The quantitative estimate of drug-likeness (QED) is 0.866. The van der Waals surface area contributed by atoms with E-state index in [4.69, 9.17) is 5.14 Å². The van der Waals surface area contributed by atoms with Crippen molar-refractivity contribution < 1.29 is 8.42 Å². The lowest BCUT2D eigenvalue weighted by Crippen LogP contribution is -2.33. The highest BCUT2D eigenvalue weighted by molar-refractivity contribution is 7.89. The molecule has 3 rings (SSSR count). The van der Waals surface area contributed by atoms with E-state index in [9.17, 15) is 8.42 Å². The van der Waals surface area contributed by atoms with Gasteiger partial charge < -0.3 is 5.32 Å². The van der Waals surface area contributed by atoms with Crippen LogP contribution in [0.5, 0.6) is 0 Å². The molecule has 0 aromatic heterocycles. The van der Waals surface area contributed by atoms with E-state index in [2.05, 4.69) is 10.2 Å². The molecule has 2 heterocycles. The lowest BCUT2D eigenvalue weighted by molar-refractivity contribution is 0.318. The van der Waals surface area contributed by atoms with Crippen molar-refractivity contribution in [2.24, 2.45) is 5.14 Å². The van der Waals surface area contributed by atoms with Crippen LogP contribution in [0.3, 0.4) is 0 Å².